The van der Waals surface area contributed by atoms with Crippen LogP contribution < -0.4 is 10.2 Å². The smallest absolute Gasteiger partial charge is 0.338 e. The van der Waals surface area contributed by atoms with E-state index in [1.54, 1.807) is 43.3 Å². The van der Waals surface area contributed by atoms with Gasteiger partial charge in [0, 0.05) is 24.1 Å². The third-order valence-corrected chi connectivity index (χ3v) is 4.57. The maximum Gasteiger partial charge on any atom is 0.338 e. The van der Waals surface area contributed by atoms with Crippen molar-refractivity contribution < 1.29 is 23.6 Å². The van der Waals surface area contributed by atoms with Crippen LogP contribution in [0.2, 0.25) is 0 Å². The number of anilines is 1. The summed E-state index contributed by atoms with van der Waals surface area (Å²) in [6.07, 6.45) is 2.22. The van der Waals surface area contributed by atoms with Crippen LogP contribution in [0.3, 0.4) is 0 Å². The van der Waals surface area contributed by atoms with Gasteiger partial charge in [-0.1, -0.05) is 12.1 Å². The molecular weight excluding hydrogens is 347 g/mol. The number of benzene rings is 2. The number of hydrogen-bond donors (Lipinski definition) is 2. The highest BCUT2D eigenvalue weighted by atomic mass is 19.1. The topological polar surface area (TPSA) is 59.8 Å². The van der Waals surface area contributed by atoms with E-state index in [1.807, 2.05) is 0 Å². The fourth-order valence-corrected chi connectivity index (χ4v) is 3.02. The third kappa shape index (κ3) is 5.62. The van der Waals surface area contributed by atoms with Crippen molar-refractivity contribution in [3.05, 3.63) is 65.5 Å². The Labute approximate surface area is 158 Å². The number of amides is 1. The minimum atomic E-state index is -0.376. The van der Waals surface area contributed by atoms with Crippen molar-refractivity contribution in [2.75, 3.05) is 18.5 Å². The molecule has 1 aliphatic rings. The van der Waals surface area contributed by atoms with E-state index in [4.69, 9.17) is 4.74 Å². The van der Waals surface area contributed by atoms with Gasteiger partial charge in [-0.15, -0.1) is 0 Å². The van der Waals surface area contributed by atoms with Gasteiger partial charge in [0.1, 0.15) is 12.4 Å². The molecule has 1 saturated carbocycles. The normalized spacial score (nSPS) is 14.4. The second-order valence-corrected chi connectivity index (χ2v) is 6.76. The van der Waals surface area contributed by atoms with Crippen LogP contribution in [0.4, 0.5) is 10.1 Å². The highest BCUT2D eigenvalue weighted by Crippen LogP contribution is 2.16. The molecule has 0 heterocycles. The number of esters is 1. The molecule has 1 unspecified atom stereocenters. The summed E-state index contributed by atoms with van der Waals surface area (Å²) >= 11 is 0. The lowest BCUT2D eigenvalue weighted by atomic mass is 10.2. The van der Waals surface area contributed by atoms with E-state index in [1.165, 1.54) is 17.0 Å². The zero-order valence-electron chi connectivity index (χ0n) is 15.3. The maximum atomic E-state index is 13.1. The zero-order valence-corrected chi connectivity index (χ0v) is 15.3. The minimum Gasteiger partial charge on any atom is -0.462 e. The molecular formula is C21H24FN2O3+. The first-order valence-electron chi connectivity index (χ1n) is 9.21. The van der Waals surface area contributed by atoms with Crippen LogP contribution in [0.15, 0.2) is 48.5 Å². The van der Waals surface area contributed by atoms with E-state index in [2.05, 4.69) is 5.32 Å². The van der Waals surface area contributed by atoms with Crippen LogP contribution in [-0.2, 0) is 16.1 Å². The lowest BCUT2D eigenvalue weighted by Crippen LogP contribution is -3.13. The first-order valence-corrected chi connectivity index (χ1v) is 9.21. The molecule has 2 N–H and O–H groups in total. The van der Waals surface area contributed by atoms with Gasteiger partial charge in [-0.05, 0) is 43.3 Å². The Morgan fingerprint density at radius 2 is 1.78 bits per heavy atom. The van der Waals surface area contributed by atoms with E-state index in [0.29, 0.717) is 37.0 Å². The molecule has 1 amide bonds. The fourth-order valence-electron chi connectivity index (χ4n) is 3.02. The molecule has 5 nitrogen and oxygen atoms in total. The van der Waals surface area contributed by atoms with E-state index >= 15 is 0 Å². The van der Waals surface area contributed by atoms with Crippen molar-refractivity contribution in [3.8, 4) is 0 Å². The Hall–Kier alpha value is -2.73. The number of nitrogens with one attached hydrogen (secondary N) is 2. The maximum absolute atomic E-state index is 13.1. The summed E-state index contributed by atoms with van der Waals surface area (Å²) in [6, 6.07) is 13.6. The van der Waals surface area contributed by atoms with E-state index in [-0.39, 0.29) is 17.7 Å². The second kappa shape index (κ2) is 8.77. The van der Waals surface area contributed by atoms with Crippen molar-refractivity contribution in [2.45, 2.75) is 32.4 Å². The van der Waals surface area contributed by atoms with Gasteiger partial charge in [-0.25, -0.2) is 9.18 Å². The van der Waals surface area contributed by atoms with Crippen molar-refractivity contribution >= 4 is 17.6 Å². The largest absolute Gasteiger partial charge is 0.462 e. The Balaban J connectivity index is 1.56. The van der Waals surface area contributed by atoms with Crippen molar-refractivity contribution in [2.24, 2.45) is 0 Å². The van der Waals surface area contributed by atoms with E-state index in [0.717, 1.165) is 18.4 Å². The summed E-state index contributed by atoms with van der Waals surface area (Å²) in [5.74, 6) is -0.711. The average molecular weight is 371 g/mol. The molecule has 1 atom stereocenters. The Bertz CT molecular complexity index is 786. The number of ether oxygens (including phenoxy) is 1. The van der Waals surface area contributed by atoms with Crippen LogP contribution in [0, 0.1) is 5.82 Å². The molecule has 1 fully saturated rings. The number of halogens is 1. The van der Waals surface area contributed by atoms with Crippen molar-refractivity contribution in [3.63, 3.8) is 0 Å². The van der Waals surface area contributed by atoms with Gasteiger partial charge >= 0.3 is 5.97 Å². The predicted octanol–water partition coefficient (Wildman–Crippen LogP) is 2.19. The molecule has 2 aromatic rings. The van der Waals surface area contributed by atoms with Crippen LogP contribution in [0.25, 0.3) is 0 Å². The van der Waals surface area contributed by atoms with Crippen LogP contribution in [0.5, 0.6) is 0 Å². The van der Waals surface area contributed by atoms with Crippen LogP contribution >= 0.6 is 0 Å². The number of hydrogen-bond acceptors (Lipinski definition) is 3. The molecule has 0 spiro atoms. The standard InChI is InChI=1S/C21H23FN2O3/c1-2-27-21(26)16-5-9-18(10-6-16)23-20(25)14-24(19-11-12-19)13-15-3-7-17(22)8-4-15/h3-10,19H,2,11-14H2,1H3,(H,23,25)/p+1. The van der Waals surface area contributed by atoms with E-state index < -0.39 is 0 Å². The average Bonchev–Trinajstić information content (AvgIpc) is 3.49. The number of quaternary nitrogens is 1. The summed E-state index contributed by atoms with van der Waals surface area (Å²) in [4.78, 5) is 25.3. The molecule has 0 bridgehead atoms. The van der Waals surface area contributed by atoms with Gasteiger partial charge in [-0.2, -0.15) is 0 Å². The van der Waals surface area contributed by atoms with Gasteiger partial charge in [0.25, 0.3) is 5.91 Å². The SMILES string of the molecule is CCOC(=O)c1ccc(NC(=O)C[NH+](Cc2ccc(F)cc2)C2CC2)cc1. The molecule has 0 aliphatic heterocycles. The minimum absolute atomic E-state index is 0.0807. The molecule has 6 heteroatoms. The van der Waals surface area contributed by atoms with Crippen LogP contribution in [0.1, 0.15) is 35.7 Å². The molecule has 0 radical (unpaired) electrons. The fraction of sp³-hybridized carbons (Fsp3) is 0.333. The summed E-state index contributed by atoms with van der Waals surface area (Å²) in [6.45, 7) is 3.12. The Morgan fingerprint density at radius 1 is 1.11 bits per heavy atom. The molecule has 27 heavy (non-hydrogen) atoms. The Kier molecular flexibility index (Phi) is 6.19. The van der Waals surface area contributed by atoms with Crippen molar-refractivity contribution in [1.29, 1.82) is 0 Å². The lowest BCUT2D eigenvalue weighted by Gasteiger charge is -2.19. The third-order valence-electron chi connectivity index (χ3n) is 4.57. The van der Waals surface area contributed by atoms with Gasteiger partial charge in [0.05, 0.1) is 18.2 Å². The molecule has 2 aromatic carbocycles. The van der Waals surface area contributed by atoms with Gasteiger partial charge in [-0.3, -0.25) is 4.79 Å². The molecule has 1 aliphatic carbocycles. The summed E-state index contributed by atoms with van der Waals surface area (Å²) in [7, 11) is 0. The zero-order chi connectivity index (χ0) is 19.2. The van der Waals surface area contributed by atoms with Crippen molar-refractivity contribution in [1.82, 2.24) is 0 Å². The molecule has 3 rings (SSSR count). The lowest BCUT2D eigenvalue weighted by molar-refractivity contribution is -0.916. The second-order valence-electron chi connectivity index (χ2n) is 6.76. The van der Waals surface area contributed by atoms with Gasteiger partial charge in [0.15, 0.2) is 6.54 Å². The first kappa shape index (κ1) is 19.0. The Morgan fingerprint density at radius 3 is 2.37 bits per heavy atom. The number of carbonyl (C=O) groups is 2. The van der Waals surface area contributed by atoms with E-state index in [9.17, 15) is 14.0 Å². The van der Waals surface area contributed by atoms with Gasteiger partial charge < -0.3 is 15.0 Å². The predicted molar refractivity (Wildman–Crippen MR) is 100.0 cm³/mol. The summed E-state index contributed by atoms with van der Waals surface area (Å²) in [5, 5.41) is 2.88. The molecule has 0 saturated heterocycles. The highest BCUT2D eigenvalue weighted by Gasteiger charge is 2.34. The number of carbonyl (C=O) groups excluding carboxylic acids is 2. The highest BCUT2D eigenvalue weighted by molar-refractivity contribution is 5.93. The quantitative estimate of drug-likeness (QED) is 0.700. The monoisotopic (exact) mass is 371 g/mol. The molecule has 0 aromatic heterocycles. The van der Waals surface area contributed by atoms with Gasteiger partial charge in [0.2, 0.25) is 0 Å². The summed E-state index contributed by atoms with van der Waals surface area (Å²) < 4.78 is 18.0. The molecule has 142 valence electrons. The number of rotatable bonds is 8. The van der Waals surface area contributed by atoms with Crippen LogP contribution in [-0.4, -0.2) is 31.1 Å². The summed E-state index contributed by atoms with van der Waals surface area (Å²) in [5.41, 5.74) is 2.12. The first-order chi connectivity index (χ1) is 13.0.